The van der Waals surface area contributed by atoms with E-state index < -0.39 is 23.5 Å². The zero-order valence-corrected chi connectivity index (χ0v) is 22.1. The quantitative estimate of drug-likeness (QED) is 0.451. The zero-order chi connectivity index (χ0) is 25.6. The van der Waals surface area contributed by atoms with Gasteiger partial charge in [0.1, 0.15) is 6.04 Å². The molecule has 0 saturated heterocycles. The highest BCUT2D eigenvalue weighted by atomic mass is 16.6. The molecule has 4 aliphatic carbocycles. The van der Waals surface area contributed by atoms with Gasteiger partial charge in [-0.1, -0.05) is 44.8 Å². The van der Waals surface area contributed by atoms with Gasteiger partial charge in [-0.05, 0) is 98.9 Å². The average Bonchev–Trinajstić information content (AvgIpc) is 3.05. The van der Waals surface area contributed by atoms with Gasteiger partial charge in [-0.2, -0.15) is 0 Å². The van der Waals surface area contributed by atoms with E-state index >= 15 is 0 Å². The Labute approximate surface area is 209 Å². The lowest BCUT2D eigenvalue weighted by Gasteiger charge is -2.59. The number of fused-ring (bicyclic) bond motifs is 5. The Bertz CT molecular complexity index is 911. The Morgan fingerprint density at radius 1 is 1.14 bits per heavy atom. The predicted molar refractivity (Wildman–Crippen MR) is 135 cm³/mol. The minimum atomic E-state index is -1.03. The molecule has 0 aromatic carbocycles. The lowest BCUT2D eigenvalue weighted by molar-refractivity contribution is -0.144. The molecule has 0 aliphatic heterocycles. The molecule has 0 aromatic rings. The van der Waals surface area contributed by atoms with Gasteiger partial charge in [0.25, 0.3) is 5.91 Å². The maximum atomic E-state index is 12.2. The second kappa shape index (κ2) is 9.53. The number of nitrogens with zero attached hydrogens (tertiary/aromatic N) is 1. The first kappa shape index (κ1) is 26.2. The van der Waals surface area contributed by atoms with Crippen LogP contribution in [0, 0.1) is 34.5 Å². The number of carbonyl (C=O) groups is 2. The third-order valence-corrected chi connectivity index (χ3v) is 10.7. The van der Waals surface area contributed by atoms with Crippen molar-refractivity contribution in [3.8, 4) is 0 Å². The van der Waals surface area contributed by atoms with Gasteiger partial charge in [-0.25, -0.2) is 4.79 Å². The molecule has 0 spiro atoms. The average molecular weight is 489 g/mol. The van der Waals surface area contributed by atoms with Crippen molar-refractivity contribution in [2.75, 3.05) is 6.61 Å². The number of amides is 1. The number of rotatable bonds is 7. The topological polar surface area (TPSA) is 108 Å². The summed E-state index contributed by atoms with van der Waals surface area (Å²) in [5, 5.41) is 27.3. The molecule has 0 aromatic heterocycles. The number of hydrogen-bond acceptors (Lipinski definition) is 5. The molecule has 8 atom stereocenters. The number of carbonyl (C=O) groups excluding carboxylic acids is 1. The number of carboxylic acids is 1. The van der Waals surface area contributed by atoms with Crippen molar-refractivity contribution in [3.63, 3.8) is 0 Å². The van der Waals surface area contributed by atoms with Gasteiger partial charge in [0, 0.05) is 0 Å². The highest BCUT2D eigenvalue weighted by Crippen LogP contribution is 2.67. The van der Waals surface area contributed by atoms with Crippen molar-refractivity contribution in [3.05, 3.63) is 11.6 Å². The first-order valence-corrected chi connectivity index (χ1v) is 13.6. The molecule has 3 fully saturated rings. The summed E-state index contributed by atoms with van der Waals surface area (Å²) in [6, 6.07) is -0.919. The SMILES string of the molecule is CCC(C)C(NC(=O)CO/N=C1/C=C2CC[C@@H]3[C@H](CC[C@@]4(C)[C@H]3CC[C@]4(C)O)[C@@]2(C)CC1)C(=O)O. The fourth-order valence-corrected chi connectivity index (χ4v) is 7.96. The number of aliphatic carboxylic acids is 1. The lowest BCUT2D eigenvalue weighted by Crippen LogP contribution is -2.53. The van der Waals surface area contributed by atoms with Crippen LogP contribution in [0.2, 0.25) is 0 Å². The highest BCUT2D eigenvalue weighted by molar-refractivity contribution is 5.96. The van der Waals surface area contributed by atoms with Gasteiger partial charge in [0.2, 0.25) is 0 Å². The summed E-state index contributed by atoms with van der Waals surface area (Å²) in [7, 11) is 0. The van der Waals surface area contributed by atoms with Crippen molar-refractivity contribution < 1.29 is 24.6 Å². The van der Waals surface area contributed by atoms with Crippen molar-refractivity contribution in [2.24, 2.45) is 39.7 Å². The van der Waals surface area contributed by atoms with E-state index in [9.17, 15) is 19.8 Å². The first-order valence-electron chi connectivity index (χ1n) is 13.6. The number of hydrogen-bond donors (Lipinski definition) is 3. The van der Waals surface area contributed by atoms with E-state index in [4.69, 9.17) is 4.84 Å². The van der Waals surface area contributed by atoms with Crippen LogP contribution >= 0.6 is 0 Å². The van der Waals surface area contributed by atoms with E-state index in [1.54, 1.807) is 0 Å². The van der Waals surface area contributed by atoms with Crippen molar-refractivity contribution in [2.45, 2.75) is 104 Å². The van der Waals surface area contributed by atoms with E-state index in [1.807, 2.05) is 13.8 Å². The maximum Gasteiger partial charge on any atom is 0.326 e. The summed E-state index contributed by atoms with van der Waals surface area (Å²) < 4.78 is 0. The van der Waals surface area contributed by atoms with Crippen molar-refractivity contribution in [1.29, 1.82) is 0 Å². The first-order chi connectivity index (χ1) is 16.4. The summed E-state index contributed by atoms with van der Waals surface area (Å²) in [6.45, 7) is 10.2. The monoisotopic (exact) mass is 488 g/mol. The van der Waals surface area contributed by atoms with Crippen molar-refractivity contribution in [1.82, 2.24) is 5.32 Å². The van der Waals surface area contributed by atoms with E-state index in [-0.39, 0.29) is 23.4 Å². The number of carboxylic acid groups (broad SMARTS) is 1. The summed E-state index contributed by atoms with van der Waals surface area (Å²) in [5.74, 6) is 0.277. The van der Waals surface area contributed by atoms with Gasteiger partial charge in [0.05, 0.1) is 11.3 Å². The fraction of sp³-hybridized carbons (Fsp3) is 0.821. The summed E-state index contributed by atoms with van der Waals surface area (Å²) in [5.41, 5.74) is 1.97. The number of oxime groups is 1. The van der Waals surface area contributed by atoms with Crippen LogP contribution in [0.4, 0.5) is 0 Å². The van der Waals surface area contributed by atoms with E-state index in [2.05, 4.69) is 37.3 Å². The summed E-state index contributed by atoms with van der Waals surface area (Å²) in [4.78, 5) is 29.0. The van der Waals surface area contributed by atoms with Gasteiger partial charge in [-0.3, -0.25) is 4.79 Å². The van der Waals surface area contributed by atoms with Crippen LogP contribution in [-0.2, 0) is 14.4 Å². The second-order valence-corrected chi connectivity index (χ2v) is 12.4. The minimum Gasteiger partial charge on any atom is -0.480 e. The molecule has 0 bridgehead atoms. The molecule has 3 saturated carbocycles. The van der Waals surface area contributed by atoms with Crippen LogP contribution in [0.5, 0.6) is 0 Å². The largest absolute Gasteiger partial charge is 0.480 e. The minimum absolute atomic E-state index is 0.0377. The molecule has 7 nitrogen and oxygen atoms in total. The third-order valence-electron chi connectivity index (χ3n) is 10.7. The molecule has 3 N–H and O–H groups in total. The van der Waals surface area contributed by atoms with Gasteiger partial charge in [-0.15, -0.1) is 0 Å². The Hall–Kier alpha value is -1.89. The molecule has 35 heavy (non-hydrogen) atoms. The molecule has 2 unspecified atom stereocenters. The standard InChI is InChI=1S/C28H44N2O5/c1-6-17(2)24(25(32)33)29-23(31)16-35-30-19-9-12-26(3)18(15-19)7-8-20-21(26)10-13-27(4)22(20)11-14-28(27,5)34/h15,17,20-22,24,34H,6-14,16H2,1-5H3,(H,29,31)(H,32,33)/b30-19+/t17?,20-,21+,22+,24?,26+,27+,28+/m1/s1. The van der Waals surface area contributed by atoms with Crippen LogP contribution in [0.15, 0.2) is 16.8 Å². The zero-order valence-electron chi connectivity index (χ0n) is 22.1. The molecule has 0 radical (unpaired) electrons. The molecule has 4 aliphatic rings. The summed E-state index contributed by atoms with van der Waals surface area (Å²) >= 11 is 0. The van der Waals surface area contributed by atoms with Crippen LogP contribution in [0.1, 0.15) is 92.4 Å². The molecule has 196 valence electrons. The van der Waals surface area contributed by atoms with E-state index in [1.165, 1.54) is 18.4 Å². The smallest absolute Gasteiger partial charge is 0.326 e. The number of nitrogens with one attached hydrogen (secondary N) is 1. The predicted octanol–water partition coefficient (Wildman–Crippen LogP) is 4.69. The van der Waals surface area contributed by atoms with Gasteiger partial charge >= 0.3 is 5.97 Å². The third kappa shape index (κ3) is 4.54. The van der Waals surface area contributed by atoms with Crippen LogP contribution < -0.4 is 5.32 Å². The van der Waals surface area contributed by atoms with Gasteiger partial charge < -0.3 is 20.4 Å². The normalized spacial score (nSPS) is 41.1. The van der Waals surface area contributed by atoms with E-state index in [0.717, 1.165) is 44.2 Å². The Kier molecular flexibility index (Phi) is 7.13. The number of allylic oxidation sites excluding steroid dienone is 2. The lowest BCUT2D eigenvalue weighted by atomic mass is 9.46. The Morgan fingerprint density at radius 2 is 1.86 bits per heavy atom. The molecular formula is C28H44N2O5. The highest BCUT2D eigenvalue weighted by Gasteiger charge is 2.62. The van der Waals surface area contributed by atoms with Crippen molar-refractivity contribution >= 4 is 17.6 Å². The number of aliphatic hydroxyl groups is 1. The molecule has 0 heterocycles. The molecule has 7 heteroatoms. The maximum absolute atomic E-state index is 12.2. The van der Waals surface area contributed by atoms with Crippen LogP contribution in [-0.4, -0.2) is 46.1 Å². The summed E-state index contributed by atoms with van der Waals surface area (Å²) in [6.07, 6.45) is 11.3. The molecular weight excluding hydrogens is 444 g/mol. The second-order valence-electron chi connectivity index (χ2n) is 12.4. The molecule has 4 rings (SSSR count). The Balaban J connectivity index is 1.39. The van der Waals surface area contributed by atoms with Gasteiger partial charge in [0.15, 0.2) is 6.61 Å². The fourth-order valence-electron chi connectivity index (χ4n) is 7.96. The van der Waals surface area contributed by atoms with E-state index in [0.29, 0.717) is 24.2 Å². The van der Waals surface area contributed by atoms with Crippen LogP contribution in [0.3, 0.4) is 0 Å². The molecule has 1 amide bonds. The van der Waals surface area contributed by atoms with Crippen LogP contribution in [0.25, 0.3) is 0 Å². The Morgan fingerprint density at radius 3 is 2.54 bits per heavy atom.